The molecule has 17 heavy (non-hydrogen) atoms. The fourth-order valence-corrected chi connectivity index (χ4v) is 3.48. The van der Waals surface area contributed by atoms with Crippen molar-refractivity contribution in [3.8, 4) is 0 Å². The monoisotopic (exact) mass is 230 g/mol. The van der Waals surface area contributed by atoms with E-state index in [1.807, 2.05) is 0 Å². The van der Waals surface area contributed by atoms with Crippen molar-refractivity contribution in [3.05, 3.63) is 34.9 Å². The van der Waals surface area contributed by atoms with Crippen LogP contribution in [0.4, 0.5) is 0 Å². The molecule has 0 spiro atoms. The van der Waals surface area contributed by atoms with Gasteiger partial charge in [0.25, 0.3) is 0 Å². The number of rotatable bonds is 2. The van der Waals surface area contributed by atoms with Gasteiger partial charge in [-0.1, -0.05) is 29.3 Å². The molecule has 2 atom stereocenters. The van der Waals surface area contributed by atoms with Crippen molar-refractivity contribution in [2.45, 2.75) is 32.9 Å². The molecule has 1 N–H and O–H groups in total. The van der Waals surface area contributed by atoms with Crippen molar-refractivity contribution < 1.29 is 0 Å². The highest BCUT2D eigenvalue weighted by atomic mass is 15.2. The second-order valence-electron chi connectivity index (χ2n) is 5.90. The molecule has 0 amide bonds. The molecule has 2 fully saturated rings. The Balaban J connectivity index is 1.70. The van der Waals surface area contributed by atoms with Gasteiger partial charge in [0.2, 0.25) is 0 Å². The van der Waals surface area contributed by atoms with E-state index in [1.54, 1.807) is 0 Å². The van der Waals surface area contributed by atoms with E-state index in [0.717, 1.165) is 18.5 Å². The number of fused-ring (bicyclic) bond motifs is 2. The second-order valence-corrected chi connectivity index (χ2v) is 5.90. The number of nitrogens with one attached hydrogen (secondary N) is 1. The van der Waals surface area contributed by atoms with Crippen LogP contribution in [0.5, 0.6) is 0 Å². The van der Waals surface area contributed by atoms with Crippen LogP contribution in [0.25, 0.3) is 0 Å². The molecular formula is C15H22N2. The summed E-state index contributed by atoms with van der Waals surface area (Å²) in [5, 5.41) is 3.62. The lowest BCUT2D eigenvalue weighted by Gasteiger charge is -2.31. The summed E-state index contributed by atoms with van der Waals surface area (Å²) >= 11 is 0. The number of hydrogen-bond donors (Lipinski definition) is 1. The fraction of sp³-hybridized carbons (Fsp3) is 0.600. The van der Waals surface area contributed by atoms with E-state index in [-0.39, 0.29) is 0 Å². The molecule has 0 saturated carbocycles. The van der Waals surface area contributed by atoms with Gasteiger partial charge in [-0.05, 0) is 38.3 Å². The molecular weight excluding hydrogens is 208 g/mol. The van der Waals surface area contributed by atoms with E-state index in [4.69, 9.17) is 0 Å². The van der Waals surface area contributed by atoms with Gasteiger partial charge in [0, 0.05) is 25.7 Å². The van der Waals surface area contributed by atoms with Crippen LogP contribution in [0, 0.1) is 19.8 Å². The molecule has 0 aliphatic carbocycles. The third-order valence-corrected chi connectivity index (χ3v) is 4.00. The molecule has 2 heterocycles. The maximum Gasteiger partial charge on any atom is 0.0234 e. The topological polar surface area (TPSA) is 15.3 Å². The SMILES string of the molecule is Cc1cc(C)cc(CN2C[C@H]3CN[C@@H](C3)C2)c1. The van der Waals surface area contributed by atoms with Crippen LogP contribution in [0.3, 0.4) is 0 Å². The highest BCUT2D eigenvalue weighted by molar-refractivity contribution is 5.28. The van der Waals surface area contributed by atoms with Gasteiger partial charge in [0.1, 0.15) is 0 Å². The third kappa shape index (κ3) is 2.53. The summed E-state index contributed by atoms with van der Waals surface area (Å²) in [5.41, 5.74) is 4.25. The lowest BCUT2D eigenvalue weighted by atomic mass is 9.99. The van der Waals surface area contributed by atoms with Gasteiger partial charge in [0.15, 0.2) is 0 Å². The maximum atomic E-state index is 3.62. The van der Waals surface area contributed by atoms with E-state index < -0.39 is 0 Å². The maximum absolute atomic E-state index is 3.62. The van der Waals surface area contributed by atoms with E-state index in [0.29, 0.717) is 0 Å². The number of hydrogen-bond acceptors (Lipinski definition) is 2. The van der Waals surface area contributed by atoms with Gasteiger partial charge in [-0.25, -0.2) is 0 Å². The smallest absolute Gasteiger partial charge is 0.0234 e. The quantitative estimate of drug-likeness (QED) is 0.837. The molecule has 2 aliphatic rings. The van der Waals surface area contributed by atoms with Gasteiger partial charge in [0.05, 0.1) is 0 Å². The first-order chi connectivity index (χ1) is 8.19. The van der Waals surface area contributed by atoms with Crippen LogP contribution in [-0.2, 0) is 6.54 Å². The molecule has 1 aromatic rings. The van der Waals surface area contributed by atoms with E-state index in [2.05, 4.69) is 42.3 Å². The van der Waals surface area contributed by atoms with Crippen LogP contribution in [-0.4, -0.2) is 30.6 Å². The average Bonchev–Trinajstić information content (AvgIpc) is 2.56. The van der Waals surface area contributed by atoms with E-state index >= 15 is 0 Å². The summed E-state index contributed by atoms with van der Waals surface area (Å²) in [6.07, 6.45) is 1.39. The first-order valence-corrected chi connectivity index (χ1v) is 6.72. The van der Waals surface area contributed by atoms with Crippen molar-refractivity contribution in [3.63, 3.8) is 0 Å². The lowest BCUT2D eigenvalue weighted by molar-refractivity contribution is 0.185. The first-order valence-electron chi connectivity index (χ1n) is 6.72. The minimum absolute atomic E-state index is 0.750. The largest absolute Gasteiger partial charge is 0.312 e. The number of benzene rings is 1. The van der Waals surface area contributed by atoms with Crippen molar-refractivity contribution in [2.24, 2.45) is 5.92 Å². The molecule has 1 aromatic carbocycles. The van der Waals surface area contributed by atoms with Crippen LogP contribution < -0.4 is 5.32 Å². The number of nitrogens with zero attached hydrogens (tertiary/aromatic N) is 1. The van der Waals surface area contributed by atoms with Gasteiger partial charge >= 0.3 is 0 Å². The standard InChI is InChI=1S/C15H22N2/c1-11-3-12(2)5-13(4-11)8-17-9-14-6-15(10-17)16-7-14/h3-5,14-16H,6-10H2,1-2H3/t14-,15+/m1/s1. The summed E-state index contributed by atoms with van der Waals surface area (Å²) in [5.74, 6) is 0.889. The van der Waals surface area contributed by atoms with Crippen molar-refractivity contribution in [1.82, 2.24) is 10.2 Å². The van der Waals surface area contributed by atoms with Crippen LogP contribution >= 0.6 is 0 Å². The Kier molecular flexibility index (Phi) is 2.93. The summed E-state index contributed by atoms with van der Waals surface area (Å²) in [4.78, 5) is 2.62. The molecule has 0 unspecified atom stereocenters. The zero-order valence-electron chi connectivity index (χ0n) is 10.9. The summed E-state index contributed by atoms with van der Waals surface area (Å²) in [6.45, 7) is 9.24. The molecule has 2 nitrogen and oxygen atoms in total. The lowest BCUT2D eigenvalue weighted by Crippen LogP contribution is -2.40. The van der Waals surface area contributed by atoms with Gasteiger partial charge in [-0.15, -0.1) is 0 Å². The van der Waals surface area contributed by atoms with Crippen molar-refractivity contribution in [2.75, 3.05) is 19.6 Å². The van der Waals surface area contributed by atoms with E-state index in [1.165, 1.54) is 42.7 Å². The molecule has 2 heteroatoms. The summed E-state index contributed by atoms with van der Waals surface area (Å²) in [7, 11) is 0. The zero-order chi connectivity index (χ0) is 11.8. The fourth-order valence-electron chi connectivity index (χ4n) is 3.48. The Hall–Kier alpha value is -0.860. The minimum Gasteiger partial charge on any atom is -0.312 e. The van der Waals surface area contributed by atoms with Crippen LogP contribution in [0.15, 0.2) is 18.2 Å². The van der Waals surface area contributed by atoms with Crippen molar-refractivity contribution in [1.29, 1.82) is 0 Å². The summed E-state index contributed by atoms with van der Waals surface area (Å²) < 4.78 is 0. The molecule has 2 aliphatic heterocycles. The van der Waals surface area contributed by atoms with Gasteiger partial charge in [-0.3, -0.25) is 4.90 Å². The Labute approximate surface area is 104 Å². The second kappa shape index (κ2) is 4.43. The van der Waals surface area contributed by atoms with Gasteiger partial charge < -0.3 is 5.32 Å². The molecule has 3 rings (SSSR count). The molecule has 2 saturated heterocycles. The van der Waals surface area contributed by atoms with Crippen LogP contribution in [0.2, 0.25) is 0 Å². The Morgan fingerprint density at radius 1 is 1.18 bits per heavy atom. The van der Waals surface area contributed by atoms with E-state index in [9.17, 15) is 0 Å². The van der Waals surface area contributed by atoms with Crippen molar-refractivity contribution >= 4 is 0 Å². The Morgan fingerprint density at radius 3 is 2.65 bits per heavy atom. The number of likely N-dealkylation sites (tertiary alicyclic amines) is 1. The molecule has 92 valence electrons. The van der Waals surface area contributed by atoms with Gasteiger partial charge in [-0.2, -0.15) is 0 Å². The third-order valence-electron chi connectivity index (χ3n) is 4.00. The highest BCUT2D eigenvalue weighted by Gasteiger charge is 2.32. The molecule has 0 aromatic heterocycles. The first kappa shape index (κ1) is 11.2. The predicted molar refractivity (Wildman–Crippen MR) is 71.1 cm³/mol. The number of piperidine rings is 1. The number of aryl methyl sites for hydroxylation is 2. The Morgan fingerprint density at radius 2 is 1.94 bits per heavy atom. The normalized spacial score (nSPS) is 28.6. The molecule has 0 radical (unpaired) electrons. The minimum atomic E-state index is 0.750. The summed E-state index contributed by atoms with van der Waals surface area (Å²) in [6, 6.07) is 7.67. The predicted octanol–water partition coefficient (Wildman–Crippen LogP) is 2.10. The highest BCUT2D eigenvalue weighted by Crippen LogP contribution is 2.23. The average molecular weight is 230 g/mol. The Bertz CT molecular complexity index is 381. The van der Waals surface area contributed by atoms with Crippen LogP contribution in [0.1, 0.15) is 23.1 Å². The zero-order valence-corrected chi connectivity index (χ0v) is 10.9. The molecule has 2 bridgehead atoms.